The highest BCUT2D eigenvalue weighted by atomic mass is 35.5. The number of carbonyl (C=O) groups is 2. The Bertz CT molecular complexity index is 1080. The van der Waals surface area contributed by atoms with Crippen LogP contribution in [0.1, 0.15) is 40.5 Å². The van der Waals surface area contributed by atoms with Gasteiger partial charge in [-0.2, -0.15) is 0 Å². The summed E-state index contributed by atoms with van der Waals surface area (Å²) in [6.07, 6.45) is 1.71. The molecule has 1 amide bonds. The second-order valence-corrected chi connectivity index (χ2v) is 7.22. The van der Waals surface area contributed by atoms with Crippen molar-refractivity contribution in [3.8, 4) is 11.1 Å². The average molecular weight is 444 g/mol. The molecule has 0 spiro atoms. The van der Waals surface area contributed by atoms with Gasteiger partial charge in [0.2, 0.25) is 0 Å². The van der Waals surface area contributed by atoms with Crippen molar-refractivity contribution in [1.82, 2.24) is 0 Å². The van der Waals surface area contributed by atoms with Crippen LogP contribution in [0.2, 0.25) is 5.02 Å². The summed E-state index contributed by atoms with van der Waals surface area (Å²) in [6.45, 7) is 2.36. The molecule has 0 aromatic heterocycles. The number of hydrogen-bond donors (Lipinski definition) is 1. The number of halogens is 3. The van der Waals surface area contributed by atoms with E-state index in [0.717, 1.165) is 25.0 Å². The molecule has 0 aliphatic carbocycles. The molecule has 0 atom stereocenters. The van der Waals surface area contributed by atoms with Gasteiger partial charge in [0.25, 0.3) is 5.91 Å². The van der Waals surface area contributed by atoms with E-state index < -0.39 is 29.1 Å². The molecule has 0 saturated heterocycles. The fourth-order valence-corrected chi connectivity index (χ4v) is 3.13. The van der Waals surface area contributed by atoms with Crippen molar-refractivity contribution >= 4 is 29.2 Å². The maximum absolute atomic E-state index is 13.8. The molecule has 160 valence electrons. The third-order valence-electron chi connectivity index (χ3n) is 4.58. The Kier molecular flexibility index (Phi) is 7.36. The van der Waals surface area contributed by atoms with Crippen LogP contribution in [0.15, 0.2) is 60.7 Å². The van der Waals surface area contributed by atoms with E-state index in [1.54, 1.807) is 42.5 Å². The summed E-state index contributed by atoms with van der Waals surface area (Å²) in [4.78, 5) is 24.4. The molecule has 0 unspecified atom stereocenters. The van der Waals surface area contributed by atoms with Crippen LogP contribution in [-0.4, -0.2) is 18.5 Å². The zero-order valence-electron chi connectivity index (χ0n) is 16.8. The predicted molar refractivity (Wildman–Crippen MR) is 116 cm³/mol. The molecule has 0 bridgehead atoms. The zero-order valence-corrected chi connectivity index (χ0v) is 17.5. The first-order valence-corrected chi connectivity index (χ1v) is 10.1. The number of amides is 1. The molecule has 0 aliphatic rings. The summed E-state index contributed by atoms with van der Waals surface area (Å²) >= 11 is 6.30. The molecule has 0 aliphatic heterocycles. The van der Waals surface area contributed by atoms with Crippen LogP contribution in [0.5, 0.6) is 0 Å². The molecule has 0 heterocycles. The van der Waals surface area contributed by atoms with Gasteiger partial charge < -0.3 is 10.1 Å². The van der Waals surface area contributed by atoms with Crippen LogP contribution in [0, 0.1) is 11.6 Å². The molecule has 7 heteroatoms. The number of unbranched alkanes of at least 4 members (excludes halogenated alkanes) is 1. The van der Waals surface area contributed by atoms with Crippen LogP contribution in [-0.2, 0) is 4.74 Å². The van der Waals surface area contributed by atoms with Crippen LogP contribution in [0.4, 0.5) is 14.5 Å². The van der Waals surface area contributed by atoms with Crippen molar-refractivity contribution in [3.63, 3.8) is 0 Å². The van der Waals surface area contributed by atoms with E-state index in [4.69, 9.17) is 16.3 Å². The molecule has 1 N–H and O–H groups in total. The van der Waals surface area contributed by atoms with Gasteiger partial charge in [0.15, 0.2) is 0 Å². The minimum Gasteiger partial charge on any atom is -0.462 e. The lowest BCUT2D eigenvalue weighted by molar-refractivity contribution is 0.0499. The van der Waals surface area contributed by atoms with Crippen LogP contribution < -0.4 is 5.32 Å². The first kappa shape index (κ1) is 22.4. The number of ether oxygens (including phenoxy) is 1. The Morgan fingerprint density at radius 3 is 2.32 bits per heavy atom. The number of carbonyl (C=O) groups excluding carboxylic acids is 2. The van der Waals surface area contributed by atoms with Crippen molar-refractivity contribution in [2.45, 2.75) is 19.8 Å². The minimum absolute atomic E-state index is 0.350. The fourth-order valence-electron chi connectivity index (χ4n) is 2.91. The summed E-state index contributed by atoms with van der Waals surface area (Å²) in [6, 6.07) is 14.6. The Labute approximate surface area is 183 Å². The smallest absolute Gasteiger partial charge is 0.338 e. The molecule has 0 saturated carbocycles. The van der Waals surface area contributed by atoms with E-state index in [2.05, 4.69) is 5.32 Å². The van der Waals surface area contributed by atoms with Crippen molar-refractivity contribution < 1.29 is 23.1 Å². The van der Waals surface area contributed by atoms with Crippen LogP contribution >= 0.6 is 11.6 Å². The Morgan fingerprint density at radius 2 is 1.68 bits per heavy atom. The molecular formula is C24H20ClF2NO3. The van der Waals surface area contributed by atoms with Gasteiger partial charge in [0.1, 0.15) is 17.2 Å². The predicted octanol–water partition coefficient (Wildman–Crippen LogP) is 6.49. The van der Waals surface area contributed by atoms with E-state index in [0.29, 0.717) is 34.0 Å². The molecule has 3 aromatic carbocycles. The van der Waals surface area contributed by atoms with E-state index in [1.165, 1.54) is 6.07 Å². The van der Waals surface area contributed by atoms with Gasteiger partial charge in [-0.15, -0.1) is 0 Å². The van der Waals surface area contributed by atoms with Gasteiger partial charge in [-0.1, -0.05) is 43.1 Å². The molecule has 31 heavy (non-hydrogen) atoms. The number of anilines is 1. The lowest BCUT2D eigenvalue weighted by Gasteiger charge is -2.10. The van der Waals surface area contributed by atoms with Crippen molar-refractivity contribution in [2.75, 3.05) is 11.9 Å². The first-order valence-electron chi connectivity index (χ1n) is 9.73. The van der Waals surface area contributed by atoms with E-state index >= 15 is 0 Å². The quantitative estimate of drug-likeness (QED) is 0.335. The fraction of sp³-hybridized carbons (Fsp3) is 0.167. The SMILES string of the molecule is CCCCOC(=O)c1ccc(Cl)c(-c2ccc(NC(=O)c3c(F)cccc3F)cc2)c1. The maximum atomic E-state index is 13.8. The zero-order chi connectivity index (χ0) is 22.4. The Hall–Kier alpha value is -3.25. The molecule has 0 radical (unpaired) electrons. The minimum atomic E-state index is -0.941. The van der Waals surface area contributed by atoms with E-state index in [1.807, 2.05) is 6.92 Å². The Balaban J connectivity index is 1.77. The van der Waals surface area contributed by atoms with Gasteiger partial charge in [-0.3, -0.25) is 4.79 Å². The highest BCUT2D eigenvalue weighted by molar-refractivity contribution is 6.33. The van der Waals surface area contributed by atoms with Crippen molar-refractivity contribution in [1.29, 1.82) is 0 Å². The van der Waals surface area contributed by atoms with Crippen LogP contribution in [0.3, 0.4) is 0 Å². The third kappa shape index (κ3) is 5.47. The van der Waals surface area contributed by atoms with Gasteiger partial charge in [-0.05, 0) is 54.4 Å². The lowest BCUT2D eigenvalue weighted by atomic mass is 10.0. The largest absolute Gasteiger partial charge is 0.462 e. The van der Waals surface area contributed by atoms with Crippen molar-refractivity contribution in [3.05, 3.63) is 88.4 Å². The van der Waals surface area contributed by atoms with Crippen LogP contribution in [0.25, 0.3) is 11.1 Å². The number of nitrogens with one attached hydrogen (secondary N) is 1. The van der Waals surface area contributed by atoms with Gasteiger partial charge in [0, 0.05) is 16.3 Å². The number of hydrogen-bond acceptors (Lipinski definition) is 3. The molecule has 3 aromatic rings. The number of benzene rings is 3. The molecular weight excluding hydrogens is 424 g/mol. The first-order chi connectivity index (χ1) is 14.9. The highest BCUT2D eigenvalue weighted by Crippen LogP contribution is 2.30. The second-order valence-electron chi connectivity index (χ2n) is 6.81. The summed E-state index contributed by atoms with van der Waals surface area (Å²) in [7, 11) is 0. The van der Waals surface area contributed by atoms with Gasteiger partial charge in [0.05, 0.1) is 12.2 Å². The second kappa shape index (κ2) is 10.2. The van der Waals surface area contributed by atoms with E-state index in [-0.39, 0.29) is 0 Å². The lowest BCUT2D eigenvalue weighted by Crippen LogP contribution is -2.15. The molecule has 3 rings (SSSR count). The summed E-state index contributed by atoms with van der Waals surface area (Å²) < 4.78 is 32.8. The number of rotatable bonds is 7. The maximum Gasteiger partial charge on any atom is 0.338 e. The van der Waals surface area contributed by atoms with Gasteiger partial charge in [-0.25, -0.2) is 13.6 Å². The average Bonchev–Trinajstić information content (AvgIpc) is 2.75. The summed E-state index contributed by atoms with van der Waals surface area (Å²) in [5.41, 5.74) is 1.39. The van der Waals surface area contributed by atoms with E-state index in [9.17, 15) is 18.4 Å². The summed E-state index contributed by atoms with van der Waals surface area (Å²) in [5.74, 6) is -3.20. The highest BCUT2D eigenvalue weighted by Gasteiger charge is 2.17. The normalized spacial score (nSPS) is 10.6. The molecule has 4 nitrogen and oxygen atoms in total. The molecule has 0 fully saturated rings. The van der Waals surface area contributed by atoms with Crippen molar-refractivity contribution in [2.24, 2.45) is 0 Å². The summed E-state index contributed by atoms with van der Waals surface area (Å²) in [5, 5.41) is 2.91. The number of esters is 1. The Morgan fingerprint density at radius 1 is 1.00 bits per heavy atom. The standard InChI is InChI=1S/C24H20ClF2NO3/c1-2-3-13-31-24(30)16-9-12-19(25)18(14-16)15-7-10-17(11-8-15)28-23(29)22-20(26)5-4-6-21(22)27/h4-12,14H,2-3,13H2,1H3,(H,28,29). The van der Waals surface area contributed by atoms with Gasteiger partial charge >= 0.3 is 5.97 Å². The monoisotopic (exact) mass is 443 g/mol. The third-order valence-corrected chi connectivity index (χ3v) is 4.91. The topological polar surface area (TPSA) is 55.4 Å².